The zero-order valence-corrected chi connectivity index (χ0v) is 11.6. The topological polar surface area (TPSA) is 44.5 Å². The van der Waals surface area contributed by atoms with E-state index >= 15 is 0 Å². The van der Waals surface area contributed by atoms with E-state index in [0.717, 1.165) is 30.0 Å². The maximum absolute atomic E-state index is 5.65. The SMILES string of the molecule is CC(CCN)c1cccc(-c2ccc3c(c2)OCO3)c1. The minimum absolute atomic E-state index is 0.312. The van der Waals surface area contributed by atoms with Gasteiger partial charge in [-0.3, -0.25) is 0 Å². The maximum Gasteiger partial charge on any atom is 0.231 e. The molecule has 0 radical (unpaired) electrons. The van der Waals surface area contributed by atoms with Gasteiger partial charge in [-0.1, -0.05) is 37.3 Å². The van der Waals surface area contributed by atoms with Gasteiger partial charge in [0.2, 0.25) is 6.79 Å². The fraction of sp³-hybridized carbons (Fsp3) is 0.294. The number of fused-ring (bicyclic) bond motifs is 1. The number of rotatable bonds is 4. The van der Waals surface area contributed by atoms with Gasteiger partial charge in [-0.2, -0.15) is 0 Å². The molecule has 3 rings (SSSR count). The molecule has 0 aromatic heterocycles. The molecular weight excluding hydrogens is 250 g/mol. The van der Waals surface area contributed by atoms with E-state index in [1.54, 1.807) is 0 Å². The Hall–Kier alpha value is -2.00. The van der Waals surface area contributed by atoms with Crippen molar-refractivity contribution in [3.63, 3.8) is 0 Å². The van der Waals surface area contributed by atoms with Gasteiger partial charge in [-0.05, 0) is 47.7 Å². The van der Waals surface area contributed by atoms with Crippen molar-refractivity contribution in [2.24, 2.45) is 5.73 Å². The lowest BCUT2D eigenvalue weighted by molar-refractivity contribution is 0.174. The highest BCUT2D eigenvalue weighted by Gasteiger charge is 2.14. The molecule has 0 bridgehead atoms. The highest BCUT2D eigenvalue weighted by molar-refractivity contribution is 5.68. The molecule has 3 nitrogen and oxygen atoms in total. The van der Waals surface area contributed by atoms with E-state index in [2.05, 4.69) is 37.3 Å². The smallest absolute Gasteiger partial charge is 0.231 e. The maximum atomic E-state index is 5.65. The second kappa shape index (κ2) is 5.55. The summed E-state index contributed by atoms with van der Waals surface area (Å²) in [6.45, 7) is 3.24. The van der Waals surface area contributed by atoms with Gasteiger partial charge in [0.1, 0.15) is 0 Å². The molecule has 0 amide bonds. The summed E-state index contributed by atoms with van der Waals surface area (Å²) in [5.74, 6) is 2.12. The lowest BCUT2D eigenvalue weighted by atomic mass is 9.94. The molecule has 3 heteroatoms. The summed E-state index contributed by atoms with van der Waals surface area (Å²) < 4.78 is 10.8. The fourth-order valence-electron chi connectivity index (χ4n) is 2.52. The number of hydrogen-bond acceptors (Lipinski definition) is 3. The van der Waals surface area contributed by atoms with Gasteiger partial charge < -0.3 is 15.2 Å². The third-order valence-electron chi connectivity index (χ3n) is 3.76. The number of nitrogens with two attached hydrogens (primary N) is 1. The normalized spacial score (nSPS) is 14.3. The van der Waals surface area contributed by atoms with Crippen LogP contribution in [0.3, 0.4) is 0 Å². The van der Waals surface area contributed by atoms with Crippen molar-refractivity contribution in [1.29, 1.82) is 0 Å². The van der Waals surface area contributed by atoms with Crippen molar-refractivity contribution in [3.05, 3.63) is 48.0 Å². The number of ether oxygens (including phenoxy) is 2. The van der Waals surface area contributed by atoms with Gasteiger partial charge in [0, 0.05) is 0 Å². The summed E-state index contributed by atoms with van der Waals surface area (Å²) in [5.41, 5.74) is 9.32. The Bertz CT molecular complexity index is 610. The van der Waals surface area contributed by atoms with E-state index < -0.39 is 0 Å². The van der Waals surface area contributed by atoms with Crippen LogP contribution in [0.25, 0.3) is 11.1 Å². The van der Waals surface area contributed by atoms with Crippen LogP contribution < -0.4 is 15.2 Å². The predicted molar refractivity (Wildman–Crippen MR) is 80.1 cm³/mol. The second-order valence-electron chi connectivity index (χ2n) is 5.17. The number of hydrogen-bond donors (Lipinski definition) is 1. The molecule has 1 heterocycles. The Labute approximate surface area is 119 Å². The van der Waals surface area contributed by atoms with Crippen LogP contribution in [0.4, 0.5) is 0 Å². The lowest BCUT2D eigenvalue weighted by Crippen LogP contribution is -2.04. The molecule has 1 aliphatic rings. The van der Waals surface area contributed by atoms with Crippen LogP contribution in [0.1, 0.15) is 24.8 Å². The average Bonchev–Trinajstić information content (AvgIpc) is 2.95. The molecule has 2 aromatic rings. The summed E-state index contributed by atoms with van der Waals surface area (Å²) in [6, 6.07) is 14.7. The molecule has 1 atom stereocenters. The predicted octanol–water partition coefficient (Wildman–Crippen LogP) is 3.53. The minimum atomic E-state index is 0.312. The summed E-state index contributed by atoms with van der Waals surface area (Å²) in [4.78, 5) is 0. The van der Waals surface area contributed by atoms with E-state index in [4.69, 9.17) is 15.2 Å². The Kier molecular flexibility index (Phi) is 3.61. The lowest BCUT2D eigenvalue weighted by Gasteiger charge is -2.12. The van der Waals surface area contributed by atoms with Crippen LogP contribution in [0, 0.1) is 0 Å². The average molecular weight is 269 g/mol. The first kappa shape index (κ1) is 13.0. The Balaban J connectivity index is 1.92. The molecular formula is C17H19NO2. The van der Waals surface area contributed by atoms with Crippen LogP contribution in [-0.4, -0.2) is 13.3 Å². The van der Waals surface area contributed by atoms with Crippen LogP contribution >= 0.6 is 0 Å². The highest BCUT2D eigenvalue weighted by Crippen LogP contribution is 2.36. The quantitative estimate of drug-likeness (QED) is 0.923. The largest absolute Gasteiger partial charge is 0.454 e. The van der Waals surface area contributed by atoms with Gasteiger partial charge >= 0.3 is 0 Å². The molecule has 0 spiro atoms. The van der Waals surface area contributed by atoms with Gasteiger partial charge in [-0.25, -0.2) is 0 Å². The van der Waals surface area contributed by atoms with Crippen LogP contribution in [0.15, 0.2) is 42.5 Å². The van der Waals surface area contributed by atoms with Crippen molar-refractivity contribution in [3.8, 4) is 22.6 Å². The van der Waals surface area contributed by atoms with Gasteiger partial charge in [0.15, 0.2) is 11.5 Å². The van der Waals surface area contributed by atoms with E-state index in [9.17, 15) is 0 Å². The molecule has 2 aromatic carbocycles. The van der Waals surface area contributed by atoms with E-state index in [0.29, 0.717) is 12.7 Å². The van der Waals surface area contributed by atoms with Crippen molar-refractivity contribution in [2.75, 3.05) is 13.3 Å². The highest BCUT2D eigenvalue weighted by atomic mass is 16.7. The molecule has 2 N–H and O–H groups in total. The van der Waals surface area contributed by atoms with Crippen molar-refractivity contribution in [1.82, 2.24) is 0 Å². The first-order chi connectivity index (χ1) is 9.78. The Morgan fingerprint density at radius 2 is 1.85 bits per heavy atom. The standard InChI is InChI=1S/C17H19NO2/c1-12(7-8-18)13-3-2-4-14(9-13)15-5-6-16-17(10-15)20-11-19-16/h2-6,9-10,12H,7-8,11,18H2,1H3. The van der Waals surface area contributed by atoms with Crippen molar-refractivity contribution in [2.45, 2.75) is 19.3 Å². The van der Waals surface area contributed by atoms with Gasteiger partial charge in [0.05, 0.1) is 0 Å². The molecule has 0 saturated heterocycles. The van der Waals surface area contributed by atoms with E-state index in [-0.39, 0.29) is 0 Å². The second-order valence-corrected chi connectivity index (χ2v) is 5.17. The summed E-state index contributed by atoms with van der Waals surface area (Å²) >= 11 is 0. The first-order valence-corrected chi connectivity index (χ1v) is 6.98. The number of benzene rings is 2. The summed E-state index contributed by atoms with van der Waals surface area (Å²) in [7, 11) is 0. The molecule has 0 fully saturated rings. The third kappa shape index (κ3) is 2.49. The third-order valence-corrected chi connectivity index (χ3v) is 3.76. The van der Waals surface area contributed by atoms with Gasteiger partial charge in [0.25, 0.3) is 0 Å². The van der Waals surface area contributed by atoms with Gasteiger partial charge in [-0.15, -0.1) is 0 Å². The fourth-order valence-corrected chi connectivity index (χ4v) is 2.52. The molecule has 0 aliphatic carbocycles. The summed E-state index contributed by atoms with van der Waals surface area (Å²) in [5, 5.41) is 0. The Morgan fingerprint density at radius 3 is 2.70 bits per heavy atom. The van der Waals surface area contributed by atoms with E-state index in [1.165, 1.54) is 11.1 Å². The van der Waals surface area contributed by atoms with Crippen molar-refractivity contribution < 1.29 is 9.47 Å². The van der Waals surface area contributed by atoms with Crippen LogP contribution in [-0.2, 0) is 0 Å². The van der Waals surface area contributed by atoms with Crippen LogP contribution in [0.2, 0.25) is 0 Å². The minimum Gasteiger partial charge on any atom is -0.454 e. The zero-order valence-electron chi connectivity index (χ0n) is 11.6. The van der Waals surface area contributed by atoms with Crippen molar-refractivity contribution >= 4 is 0 Å². The first-order valence-electron chi connectivity index (χ1n) is 6.98. The molecule has 104 valence electrons. The zero-order chi connectivity index (χ0) is 13.9. The monoisotopic (exact) mass is 269 g/mol. The molecule has 1 aliphatic heterocycles. The van der Waals surface area contributed by atoms with E-state index in [1.807, 2.05) is 12.1 Å². The molecule has 0 saturated carbocycles. The summed E-state index contributed by atoms with van der Waals surface area (Å²) in [6.07, 6.45) is 1.00. The molecule has 20 heavy (non-hydrogen) atoms. The molecule has 1 unspecified atom stereocenters. The Morgan fingerprint density at radius 1 is 1.05 bits per heavy atom. The van der Waals surface area contributed by atoms with Crippen LogP contribution in [0.5, 0.6) is 11.5 Å².